The monoisotopic (exact) mass is 409 g/mol. The van der Waals surface area contributed by atoms with E-state index in [1.807, 2.05) is 0 Å². The number of piperazine rings is 1. The lowest BCUT2D eigenvalue weighted by Gasteiger charge is -2.42. The Hall–Kier alpha value is -0.200. The van der Waals surface area contributed by atoms with E-state index in [9.17, 15) is 0 Å². The lowest BCUT2D eigenvalue weighted by atomic mass is 9.91. The van der Waals surface area contributed by atoms with Crippen LogP contribution in [-0.4, -0.2) is 97.5 Å². The van der Waals surface area contributed by atoms with Crippen molar-refractivity contribution in [3.8, 4) is 0 Å². The van der Waals surface area contributed by atoms with Crippen LogP contribution >= 0.6 is 0 Å². The average Bonchev–Trinajstić information content (AvgIpc) is 2.64. The molecule has 0 bridgehead atoms. The van der Waals surface area contributed by atoms with Crippen LogP contribution in [0.1, 0.15) is 66.7 Å². The second kappa shape index (κ2) is 10.9. The Kier molecular flexibility index (Phi) is 8.82. The number of hydrogen-bond donors (Lipinski definition) is 0. The highest BCUT2D eigenvalue weighted by atomic mass is 16.5. The Morgan fingerprint density at radius 2 is 1.45 bits per heavy atom. The van der Waals surface area contributed by atoms with Gasteiger partial charge < -0.3 is 19.3 Å². The van der Waals surface area contributed by atoms with Crippen LogP contribution in [0.3, 0.4) is 0 Å². The van der Waals surface area contributed by atoms with Crippen LogP contribution in [0.25, 0.3) is 0 Å². The molecule has 1 saturated carbocycles. The minimum atomic E-state index is 0.324. The molecule has 5 heteroatoms. The molecule has 0 aromatic rings. The summed E-state index contributed by atoms with van der Waals surface area (Å²) in [6.07, 6.45) is 7.52. The molecule has 2 aliphatic heterocycles. The van der Waals surface area contributed by atoms with Crippen LogP contribution in [0, 0.1) is 5.92 Å². The Morgan fingerprint density at radius 3 is 2.03 bits per heavy atom. The molecule has 2 saturated heterocycles. The fourth-order valence-corrected chi connectivity index (χ4v) is 5.00. The molecule has 0 aromatic heterocycles. The number of rotatable bonds is 9. The summed E-state index contributed by atoms with van der Waals surface area (Å²) in [5, 5.41) is 0. The van der Waals surface area contributed by atoms with E-state index in [1.165, 1.54) is 65.1 Å². The normalized spacial score (nSPS) is 28.8. The van der Waals surface area contributed by atoms with Gasteiger partial charge in [0.2, 0.25) is 0 Å². The van der Waals surface area contributed by atoms with Gasteiger partial charge in [0.05, 0.1) is 24.9 Å². The van der Waals surface area contributed by atoms with E-state index < -0.39 is 0 Å². The summed E-state index contributed by atoms with van der Waals surface area (Å²) < 4.78 is 11.9. The molecule has 0 N–H and O–H groups in total. The number of likely N-dealkylation sites (tertiary alicyclic amines) is 1. The van der Waals surface area contributed by atoms with E-state index in [0.29, 0.717) is 23.9 Å². The lowest BCUT2D eigenvalue weighted by molar-refractivity contribution is -0.120. The molecule has 3 fully saturated rings. The molecule has 3 aliphatic rings. The van der Waals surface area contributed by atoms with Crippen molar-refractivity contribution in [2.45, 2.75) is 90.6 Å². The fraction of sp³-hybridized carbons (Fsp3) is 1.00. The van der Waals surface area contributed by atoms with Crippen LogP contribution < -0.4 is 0 Å². The molecule has 0 amide bonds. The van der Waals surface area contributed by atoms with Crippen molar-refractivity contribution in [2.75, 3.05) is 59.0 Å². The highest BCUT2D eigenvalue weighted by molar-refractivity contribution is 4.83. The molecular weight excluding hydrogens is 362 g/mol. The van der Waals surface area contributed by atoms with Gasteiger partial charge in [-0.1, -0.05) is 0 Å². The molecule has 3 rings (SSSR count). The van der Waals surface area contributed by atoms with Gasteiger partial charge in [-0.2, -0.15) is 0 Å². The summed E-state index contributed by atoms with van der Waals surface area (Å²) in [5.74, 6) is 0.924. The topological polar surface area (TPSA) is 28.2 Å². The lowest BCUT2D eigenvalue weighted by Crippen LogP contribution is -2.53. The van der Waals surface area contributed by atoms with Gasteiger partial charge in [-0.15, -0.1) is 0 Å². The maximum atomic E-state index is 6.05. The van der Waals surface area contributed by atoms with Gasteiger partial charge in [-0.25, -0.2) is 0 Å². The summed E-state index contributed by atoms with van der Waals surface area (Å²) in [4.78, 5) is 7.93. The van der Waals surface area contributed by atoms with Crippen LogP contribution in [0.5, 0.6) is 0 Å². The van der Waals surface area contributed by atoms with Crippen molar-refractivity contribution in [1.82, 2.24) is 14.7 Å². The van der Waals surface area contributed by atoms with Crippen molar-refractivity contribution >= 4 is 0 Å². The number of hydrogen-bond acceptors (Lipinski definition) is 5. The fourth-order valence-electron chi connectivity index (χ4n) is 5.00. The van der Waals surface area contributed by atoms with Gasteiger partial charge in [0, 0.05) is 38.3 Å². The Balaban J connectivity index is 1.19. The zero-order chi connectivity index (χ0) is 20.9. The van der Waals surface area contributed by atoms with E-state index in [2.05, 4.69) is 49.3 Å². The summed E-state index contributed by atoms with van der Waals surface area (Å²) >= 11 is 0. The van der Waals surface area contributed by atoms with E-state index in [-0.39, 0.29) is 0 Å². The third-order valence-corrected chi connectivity index (χ3v) is 7.16. The van der Waals surface area contributed by atoms with Crippen molar-refractivity contribution in [3.05, 3.63) is 0 Å². The van der Waals surface area contributed by atoms with Crippen LogP contribution in [0.2, 0.25) is 0 Å². The Labute approximate surface area is 180 Å². The second-order valence-corrected chi connectivity index (χ2v) is 10.8. The molecule has 29 heavy (non-hydrogen) atoms. The summed E-state index contributed by atoms with van der Waals surface area (Å²) in [7, 11) is 0. The van der Waals surface area contributed by atoms with Gasteiger partial charge >= 0.3 is 0 Å². The van der Waals surface area contributed by atoms with Gasteiger partial charge in [0.25, 0.3) is 0 Å². The summed E-state index contributed by atoms with van der Waals surface area (Å²) in [6.45, 7) is 22.0. The first-order valence-corrected chi connectivity index (χ1v) is 12.3. The molecule has 0 atom stereocenters. The number of ether oxygens (including phenoxy) is 2. The average molecular weight is 410 g/mol. The van der Waals surface area contributed by atoms with E-state index in [0.717, 1.165) is 31.9 Å². The third-order valence-electron chi connectivity index (χ3n) is 7.16. The number of nitrogens with zero attached hydrogens (tertiary/aromatic N) is 3. The smallest absolute Gasteiger partial charge is 0.0628 e. The number of piperidine rings is 1. The predicted molar refractivity (Wildman–Crippen MR) is 121 cm³/mol. The van der Waals surface area contributed by atoms with Crippen molar-refractivity contribution in [3.63, 3.8) is 0 Å². The summed E-state index contributed by atoms with van der Waals surface area (Å²) in [5.41, 5.74) is 0.324. The first kappa shape index (κ1) is 23.5. The maximum Gasteiger partial charge on any atom is 0.0628 e. The zero-order valence-electron chi connectivity index (χ0n) is 19.9. The van der Waals surface area contributed by atoms with Gasteiger partial charge in [0.15, 0.2) is 0 Å². The maximum absolute atomic E-state index is 6.05. The van der Waals surface area contributed by atoms with Gasteiger partial charge in [-0.3, -0.25) is 4.90 Å². The molecule has 5 nitrogen and oxygen atoms in total. The van der Waals surface area contributed by atoms with Crippen LogP contribution in [0.15, 0.2) is 0 Å². The Bertz CT molecular complexity index is 457. The largest absolute Gasteiger partial charge is 0.377 e. The quantitative estimate of drug-likeness (QED) is 0.581. The van der Waals surface area contributed by atoms with E-state index >= 15 is 0 Å². The van der Waals surface area contributed by atoms with Crippen molar-refractivity contribution in [2.24, 2.45) is 5.92 Å². The molecule has 1 aliphatic carbocycles. The highest BCUT2D eigenvalue weighted by Gasteiger charge is 2.31. The Morgan fingerprint density at radius 1 is 0.828 bits per heavy atom. The minimum Gasteiger partial charge on any atom is -0.377 e. The molecule has 170 valence electrons. The zero-order valence-corrected chi connectivity index (χ0v) is 19.9. The predicted octanol–water partition coefficient (Wildman–Crippen LogP) is 3.48. The van der Waals surface area contributed by atoms with E-state index in [4.69, 9.17) is 9.47 Å². The summed E-state index contributed by atoms with van der Waals surface area (Å²) in [6, 6.07) is 0. The SMILES string of the molecule is CC(C)OC1CC(OCCN2CCC(CCN3CCN(C(C)(C)C)CC3)CC2)C1. The van der Waals surface area contributed by atoms with Gasteiger partial charge in [0.1, 0.15) is 0 Å². The van der Waals surface area contributed by atoms with E-state index in [1.54, 1.807) is 0 Å². The minimum absolute atomic E-state index is 0.324. The standard InChI is InChI=1S/C24H47N3O2/c1-20(2)29-23-18-22(19-23)28-17-16-25-9-6-21(7-10-25)8-11-26-12-14-27(15-13-26)24(3,4)5/h20-23H,6-19H2,1-5H3. The van der Waals surface area contributed by atoms with Crippen LogP contribution in [0.4, 0.5) is 0 Å². The molecular formula is C24H47N3O2. The molecule has 0 spiro atoms. The van der Waals surface area contributed by atoms with Gasteiger partial charge in [-0.05, 0) is 92.3 Å². The second-order valence-electron chi connectivity index (χ2n) is 10.8. The van der Waals surface area contributed by atoms with Crippen molar-refractivity contribution < 1.29 is 9.47 Å². The molecule has 2 heterocycles. The molecule has 0 unspecified atom stereocenters. The third kappa shape index (κ3) is 7.77. The van der Waals surface area contributed by atoms with Crippen LogP contribution in [-0.2, 0) is 9.47 Å². The molecule has 0 radical (unpaired) electrons. The van der Waals surface area contributed by atoms with Crippen molar-refractivity contribution in [1.29, 1.82) is 0 Å². The molecule has 0 aromatic carbocycles. The first-order valence-electron chi connectivity index (χ1n) is 12.3. The highest BCUT2D eigenvalue weighted by Crippen LogP contribution is 2.27. The first-order chi connectivity index (χ1) is 13.8.